The van der Waals surface area contributed by atoms with E-state index in [9.17, 15) is 4.79 Å². The molecule has 0 fully saturated rings. The molecule has 0 bridgehead atoms. The number of ether oxygens (including phenoxy) is 1. The fourth-order valence-corrected chi connectivity index (χ4v) is 2.40. The Morgan fingerprint density at radius 2 is 2.07 bits per heavy atom. The van der Waals surface area contributed by atoms with Crippen LogP contribution in [0.4, 0.5) is 0 Å². The predicted octanol–water partition coefficient (Wildman–Crippen LogP) is 3.67. The summed E-state index contributed by atoms with van der Waals surface area (Å²) in [5.74, 6) is 1.92. The van der Waals surface area contributed by atoms with Gasteiger partial charge in [-0.25, -0.2) is 9.97 Å². The van der Waals surface area contributed by atoms with Gasteiger partial charge in [0.25, 0.3) is 5.89 Å². The molecular formula is C20H23N3O4. The first-order valence-electron chi connectivity index (χ1n) is 8.71. The molecule has 0 aliphatic rings. The number of pyridine rings is 1. The van der Waals surface area contributed by atoms with E-state index in [1.54, 1.807) is 37.6 Å². The van der Waals surface area contributed by atoms with Gasteiger partial charge in [0.1, 0.15) is 11.4 Å². The van der Waals surface area contributed by atoms with E-state index in [1.807, 2.05) is 26.8 Å². The predicted molar refractivity (Wildman–Crippen MR) is 99.1 cm³/mol. The fraction of sp³-hybridized carbons (Fsp3) is 0.350. The Labute approximate surface area is 157 Å². The van der Waals surface area contributed by atoms with Crippen molar-refractivity contribution in [3.63, 3.8) is 0 Å². The van der Waals surface area contributed by atoms with Gasteiger partial charge in [-0.05, 0) is 45.4 Å². The van der Waals surface area contributed by atoms with Crippen LogP contribution in [0.2, 0.25) is 0 Å². The molecule has 7 nitrogen and oxygen atoms in total. The summed E-state index contributed by atoms with van der Waals surface area (Å²) in [6, 6.07) is 7.19. The average molecular weight is 369 g/mol. The molecule has 0 aliphatic carbocycles. The SMILES string of the molecule is Cc1oc(-c2ccco2)nc1CC(=O)NCc1ccc(OC(C)(C)C)nc1. The molecule has 27 heavy (non-hydrogen) atoms. The molecule has 3 rings (SSSR count). The third kappa shape index (κ3) is 5.20. The molecule has 3 heterocycles. The number of amides is 1. The van der Waals surface area contributed by atoms with Gasteiger partial charge in [-0.1, -0.05) is 6.07 Å². The number of nitrogens with zero attached hydrogens (tertiary/aromatic N) is 2. The molecule has 0 aliphatic heterocycles. The van der Waals surface area contributed by atoms with Gasteiger partial charge in [0.15, 0.2) is 5.76 Å². The summed E-state index contributed by atoms with van der Waals surface area (Å²) in [4.78, 5) is 20.8. The molecule has 3 aromatic heterocycles. The van der Waals surface area contributed by atoms with Crippen LogP contribution in [0.1, 0.15) is 37.8 Å². The van der Waals surface area contributed by atoms with E-state index >= 15 is 0 Å². The Bertz CT molecular complexity index is 890. The normalized spacial score (nSPS) is 11.4. The van der Waals surface area contributed by atoms with Crippen molar-refractivity contribution in [1.82, 2.24) is 15.3 Å². The lowest BCUT2D eigenvalue weighted by Gasteiger charge is -2.20. The highest BCUT2D eigenvalue weighted by molar-refractivity contribution is 5.78. The molecule has 0 aromatic carbocycles. The first-order chi connectivity index (χ1) is 12.8. The third-order valence-corrected chi connectivity index (χ3v) is 3.65. The van der Waals surface area contributed by atoms with Crippen LogP contribution in [0.3, 0.4) is 0 Å². The monoisotopic (exact) mass is 369 g/mol. The van der Waals surface area contributed by atoms with Crippen LogP contribution in [-0.4, -0.2) is 21.5 Å². The van der Waals surface area contributed by atoms with Crippen LogP contribution in [0, 0.1) is 6.92 Å². The lowest BCUT2D eigenvalue weighted by atomic mass is 10.2. The molecule has 0 spiro atoms. The van der Waals surface area contributed by atoms with Gasteiger partial charge in [0.2, 0.25) is 11.8 Å². The average Bonchev–Trinajstić information content (AvgIpc) is 3.23. The van der Waals surface area contributed by atoms with Gasteiger partial charge in [-0.15, -0.1) is 0 Å². The molecular weight excluding hydrogens is 346 g/mol. The fourth-order valence-electron chi connectivity index (χ4n) is 2.40. The van der Waals surface area contributed by atoms with Crippen LogP contribution in [0.25, 0.3) is 11.7 Å². The summed E-state index contributed by atoms with van der Waals surface area (Å²) in [6.45, 7) is 8.05. The standard InChI is InChI=1S/C20H23N3O4/c1-13-15(23-19(26-13)16-6-5-9-25-16)10-17(24)21-11-14-7-8-18(22-12-14)27-20(2,3)4/h5-9,12H,10-11H2,1-4H3,(H,21,24). The van der Waals surface area contributed by atoms with Gasteiger partial charge in [0, 0.05) is 18.8 Å². The smallest absolute Gasteiger partial charge is 0.263 e. The first kappa shape index (κ1) is 18.7. The van der Waals surface area contributed by atoms with Crippen LogP contribution in [0.5, 0.6) is 5.88 Å². The Hall–Kier alpha value is -3.09. The number of hydrogen-bond donors (Lipinski definition) is 1. The van der Waals surface area contributed by atoms with E-state index in [4.69, 9.17) is 13.6 Å². The quantitative estimate of drug-likeness (QED) is 0.713. The van der Waals surface area contributed by atoms with Crippen LogP contribution in [-0.2, 0) is 17.8 Å². The lowest BCUT2D eigenvalue weighted by molar-refractivity contribution is -0.120. The number of carbonyl (C=O) groups is 1. The van der Waals surface area contributed by atoms with E-state index in [1.165, 1.54) is 0 Å². The van der Waals surface area contributed by atoms with Crippen LogP contribution in [0.15, 0.2) is 45.6 Å². The summed E-state index contributed by atoms with van der Waals surface area (Å²) in [5, 5.41) is 2.86. The van der Waals surface area contributed by atoms with E-state index in [0.717, 1.165) is 5.56 Å². The number of carbonyl (C=O) groups excluding carboxylic acids is 1. The molecule has 0 atom stereocenters. The van der Waals surface area contributed by atoms with E-state index in [0.29, 0.717) is 35.5 Å². The maximum atomic E-state index is 12.2. The summed E-state index contributed by atoms with van der Waals surface area (Å²) < 4.78 is 16.5. The summed E-state index contributed by atoms with van der Waals surface area (Å²) in [6.07, 6.45) is 3.37. The molecule has 0 radical (unpaired) electrons. The van der Waals surface area contributed by atoms with Gasteiger partial charge in [-0.2, -0.15) is 0 Å². The highest BCUT2D eigenvalue weighted by Gasteiger charge is 2.16. The van der Waals surface area contributed by atoms with Crippen LogP contribution < -0.4 is 10.1 Å². The van der Waals surface area contributed by atoms with Crippen LogP contribution >= 0.6 is 0 Å². The molecule has 1 amide bonds. The highest BCUT2D eigenvalue weighted by atomic mass is 16.5. The largest absolute Gasteiger partial charge is 0.472 e. The van der Waals surface area contributed by atoms with Crippen molar-refractivity contribution in [1.29, 1.82) is 0 Å². The lowest BCUT2D eigenvalue weighted by Crippen LogP contribution is -2.25. The second-order valence-electron chi connectivity index (χ2n) is 7.17. The number of furan rings is 1. The Morgan fingerprint density at radius 3 is 2.70 bits per heavy atom. The van der Waals surface area contributed by atoms with Crippen molar-refractivity contribution in [2.45, 2.75) is 46.3 Å². The topological polar surface area (TPSA) is 90.4 Å². The van der Waals surface area contributed by atoms with Crippen molar-refractivity contribution < 1.29 is 18.4 Å². The second-order valence-corrected chi connectivity index (χ2v) is 7.17. The van der Waals surface area contributed by atoms with E-state index < -0.39 is 0 Å². The number of aryl methyl sites for hydroxylation is 1. The molecule has 3 aromatic rings. The minimum atomic E-state index is -0.299. The molecule has 0 saturated heterocycles. The zero-order chi connectivity index (χ0) is 19.4. The summed E-state index contributed by atoms with van der Waals surface area (Å²) in [5.41, 5.74) is 1.18. The number of rotatable bonds is 6. The molecule has 0 saturated carbocycles. The highest BCUT2D eigenvalue weighted by Crippen LogP contribution is 2.22. The Kier molecular flexibility index (Phi) is 5.30. The van der Waals surface area contributed by atoms with Crippen molar-refractivity contribution in [3.8, 4) is 17.5 Å². The van der Waals surface area contributed by atoms with E-state index in [2.05, 4.69) is 15.3 Å². The summed E-state index contributed by atoms with van der Waals surface area (Å²) in [7, 11) is 0. The zero-order valence-corrected chi connectivity index (χ0v) is 15.9. The maximum absolute atomic E-state index is 12.2. The zero-order valence-electron chi connectivity index (χ0n) is 15.9. The minimum Gasteiger partial charge on any atom is -0.472 e. The van der Waals surface area contributed by atoms with Crippen molar-refractivity contribution in [3.05, 3.63) is 53.7 Å². The first-order valence-corrected chi connectivity index (χ1v) is 8.71. The van der Waals surface area contributed by atoms with Gasteiger partial charge >= 0.3 is 0 Å². The maximum Gasteiger partial charge on any atom is 0.263 e. The van der Waals surface area contributed by atoms with Gasteiger partial charge in [0.05, 0.1) is 18.4 Å². The Balaban J connectivity index is 1.54. The molecule has 1 N–H and O–H groups in total. The van der Waals surface area contributed by atoms with Crippen molar-refractivity contribution in [2.75, 3.05) is 0 Å². The number of aromatic nitrogens is 2. The number of nitrogens with one attached hydrogen (secondary N) is 1. The van der Waals surface area contributed by atoms with Crippen molar-refractivity contribution in [2.24, 2.45) is 0 Å². The van der Waals surface area contributed by atoms with E-state index in [-0.39, 0.29) is 17.9 Å². The van der Waals surface area contributed by atoms with Gasteiger partial charge < -0.3 is 18.9 Å². The second kappa shape index (κ2) is 7.65. The Morgan fingerprint density at radius 1 is 1.26 bits per heavy atom. The summed E-state index contributed by atoms with van der Waals surface area (Å²) >= 11 is 0. The molecule has 142 valence electrons. The third-order valence-electron chi connectivity index (χ3n) is 3.65. The van der Waals surface area contributed by atoms with Gasteiger partial charge in [-0.3, -0.25) is 4.79 Å². The minimum absolute atomic E-state index is 0.134. The molecule has 7 heteroatoms. The number of hydrogen-bond acceptors (Lipinski definition) is 6. The molecule has 0 unspecified atom stereocenters. The van der Waals surface area contributed by atoms with Crippen molar-refractivity contribution >= 4 is 5.91 Å². The number of oxazole rings is 1.